The van der Waals surface area contributed by atoms with Crippen LogP contribution in [-0.4, -0.2) is 21.6 Å². The Morgan fingerprint density at radius 1 is 1.00 bits per heavy atom. The summed E-state index contributed by atoms with van der Waals surface area (Å²) in [5.41, 5.74) is 3.61. The van der Waals surface area contributed by atoms with Gasteiger partial charge in [0.25, 0.3) is 0 Å². The first-order valence-electron chi connectivity index (χ1n) is 9.59. The van der Waals surface area contributed by atoms with Gasteiger partial charge in [0, 0.05) is 23.6 Å². The van der Waals surface area contributed by atoms with Crippen LogP contribution in [0.5, 0.6) is 0 Å². The molecule has 8 heteroatoms. The van der Waals surface area contributed by atoms with E-state index < -0.39 is 0 Å². The molecule has 0 aliphatic carbocycles. The van der Waals surface area contributed by atoms with E-state index in [1.165, 1.54) is 12.1 Å². The number of hydrogen-bond donors (Lipinski definition) is 2. The molecule has 0 spiro atoms. The number of rotatable bonds is 7. The highest BCUT2D eigenvalue weighted by atomic mass is 32.2. The molecular weight excluding hydrogens is 403 g/mol. The molecule has 2 N–H and O–H groups in total. The second kappa shape index (κ2) is 9.13. The number of hydrogen-bond acceptors (Lipinski definition) is 4. The van der Waals surface area contributed by atoms with Crippen LogP contribution >= 0.6 is 11.8 Å². The fraction of sp³-hybridized carbons (Fsp3) is 0.227. The molecule has 6 nitrogen and oxygen atoms in total. The van der Waals surface area contributed by atoms with Crippen LogP contribution in [-0.2, 0) is 40.6 Å². The van der Waals surface area contributed by atoms with E-state index in [1.807, 2.05) is 30.3 Å². The van der Waals surface area contributed by atoms with E-state index in [1.54, 1.807) is 28.6 Å². The number of nitrogens with zero attached hydrogens (tertiary/aromatic N) is 2. The summed E-state index contributed by atoms with van der Waals surface area (Å²) in [6, 6.07) is 15.5. The lowest BCUT2D eigenvalue weighted by molar-refractivity contribution is -0.122. The van der Waals surface area contributed by atoms with Crippen LogP contribution in [0.15, 0.2) is 54.6 Å². The highest BCUT2D eigenvalue weighted by Crippen LogP contribution is 2.34. The number of anilines is 1. The van der Waals surface area contributed by atoms with E-state index in [4.69, 9.17) is 0 Å². The standard InChI is InChI=1S/C22H21FN4O2S/c23-17-8-6-16(7-9-17)11-24-21(29)12-27-22(18-13-30-14-19(18)26-27)25-20(28)10-15-4-2-1-3-5-15/h1-9H,10-14H2,(H,24,29)(H,25,28). The van der Waals surface area contributed by atoms with E-state index in [0.717, 1.165) is 33.9 Å². The van der Waals surface area contributed by atoms with Crippen LogP contribution < -0.4 is 10.6 Å². The molecule has 1 aliphatic heterocycles. The Morgan fingerprint density at radius 2 is 1.77 bits per heavy atom. The average Bonchev–Trinajstić information content (AvgIpc) is 3.31. The molecule has 154 valence electrons. The van der Waals surface area contributed by atoms with E-state index in [0.29, 0.717) is 12.4 Å². The molecule has 2 aromatic carbocycles. The van der Waals surface area contributed by atoms with Gasteiger partial charge in [-0.1, -0.05) is 42.5 Å². The number of halogens is 1. The molecule has 0 saturated carbocycles. The maximum atomic E-state index is 13.0. The van der Waals surface area contributed by atoms with Gasteiger partial charge in [0.1, 0.15) is 18.2 Å². The Hall–Kier alpha value is -3.13. The number of carbonyl (C=O) groups is 2. The van der Waals surface area contributed by atoms with Crippen LogP contribution in [0, 0.1) is 5.82 Å². The molecule has 0 radical (unpaired) electrons. The van der Waals surface area contributed by atoms with Crippen LogP contribution in [0.2, 0.25) is 0 Å². The summed E-state index contributed by atoms with van der Waals surface area (Å²) >= 11 is 1.73. The normalized spacial score (nSPS) is 12.4. The van der Waals surface area contributed by atoms with Crippen molar-refractivity contribution in [3.63, 3.8) is 0 Å². The maximum absolute atomic E-state index is 13.0. The van der Waals surface area contributed by atoms with Crippen molar-refractivity contribution in [2.45, 2.75) is 31.0 Å². The molecule has 1 aliphatic rings. The predicted octanol–water partition coefficient (Wildman–Crippen LogP) is 3.27. The van der Waals surface area contributed by atoms with Gasteiger partial charge in [-0.25, -0.2) is 9.07 Å². The number of benzene rings is 2. The Labute approximate surface area is 177 Å². The molecule has 2 heterocycles. The van der Waals surface area contributed by atoms with Gasteiger partial charge in [-0.2, -0.15) is 16.9 Å². The zero-order valence-corrected chi connectivity index (χ0v) is 17.0. The zero-order chi connectivity index (χ0) is 20.9. The fourth-order valence-electron chi connectivity index (χ4n) is 3.27. The second-order valence-electron chi connectivity index (χ2n) is 7.04. The van der Waals surface area contributed by atoms with E-state index in [2.05, 4.69) is 15.7 Å². The Morgan fingerprint density at radius 3 is 2.53 bits per heavy atom. The van der Waals surface area contributed by atoms with E-state index >= 15 is 0 Å². The maximum Gasteiger partial charge on any atom is 0.242 e. The first-order chi connectivity index (χ1) is 14.6. The van der Waals surface area contributed by atoms with Crippen molar-refractivity contribution in [1.82, 2.24) is 15.1 Å². The number of aromatic nitrogens is 2. The molecule has 2 amide bonds. The van der Waals surface area contributed by atoms with Gasteiger partial charge in [0.15, 0.2) is 0 Å². The lowest BCUT2D eigenvalue weighted by Crippen LogP contribution is -2.29. The molecule has 0 unspecified atom stereocenters. The van der Waals surface area contributed by atoms with Crippen molar-refractivity contribution in [3.8, 4) is 0 Å². The van der Waals surface area contributed by atoms with Crippen LogP contribution in [0.3, 0.4) is 0 Å². The molecule has 1 aromatic heterocycles. The van der Waals surface area contributed by atoms with Crippen molar-refractivity contribution < 1.29 is 14.0 Å². The fourth-order valence-corrected chi connectivity index (χ4v) is 4.31. The van der Waals surface area contributed by atoms with Gasteiger partial charge in [-0.3, -0.25) is 9.59 Å². The van der Waals surface area contributed by atoms with Crippen molar-refractivity contribution >= 4 is 29.4 Å². The molecule has 0 saturated heterocycles. The third-order valence-corrected chi connectivity index (χ3v) is 5.75. The zero-order valence-electron chi connectivity index (χ0n) is 16.2. The summed E-state index contributed by atoms with van der Waals surface area (Å²) in [5.74, 6) is 1.42. The van der Waals surface area contributed by atoms with Crippen molar-refractivity contribution in [2.24, 2.45) is 0 Å². The van der Waals surface area contributed by atoms with Gasteiger partial charge in [0.2, 0.25) is 11.8 Å². The third-order valence-electron chi connectivity index (χ3n) is 4.78. The quantitative estimate of drug-likeness (QED) is 0.610. The van der Waals surface area contributed by atoms with E-state index in [-0.39, 0.29) is 30.6 Å². The summed E-state index contributed by atoms with van der Waals surface area (Å²) in [6.45, 7) is 0.297. The molecule has 30 heavy (non-hydrogen) atoms. The largest absolute Gasteiger partial charge is 0.350 e. The van der Waals surface area contributed by atoms with E-state index in [9.17, 15) is 14.0 Å². The first-order valence-corrected chi connectivity index (χ1v) is 10.7. The highest BCUT2D eigenvalue weighted by Gasteiger charge is 2.25. The molecular formula is C22H21FN4O2S. The number of thioether (sulfide) groups is 1. The number of nitrogens with one attached hydrogen (secondary N) is 2. The van der Waals surface area contributed by atoms with Crippen molar-refractivity contribution in [2.75, 3.05) is 5.32 Å². The Balaban J connectivity index is 1.42. The van der Waals surface area contributed by atoms with Gasteiger partial charge in [0.05, 0.1) is 12.1 Å². The smallest absolute Gasteiger partial charge is 0.242 e. The first kappa shape index (κ1) is 20.2. The second-order valence-corrected chi connectivity index (χ2v) is 8.02. The topological polar surface area (TPSA) is 76.0 Å². The number of fused-ring (bicyclic) bond motifs is 1. The van der Waals surface area contributed by atoms with Crippen LogP contribution in [0.25, 0.3) is 0 Å². The van der Waals surface area contributed by atoms with Gasteiger partial charge >= 0.3 is 0 Å². The SMILES string of the molecule is O=C(Cn1nc2c(c1NC(=O)Cc1ccccc1)CSC2)NCc1ccc(F)cc1. The highest BCUT2D eigenvalue weighted by molar-refractivity contribution is 7.98. The Kier molecular flexibility index (Phi) is 6.13. The summed E-state index contributed by atoms with van der Waals surface area (Å²) < 4.78 is 14.6. The minimum absolute atomic E-state index is 0.000187. The van der Waals surface area contributed by atoms with Gasteiger partial charge in [-0.15, -0.1) is 0 Å². The Bertz CT molecular complexity index is 1050. The average molecular weight is 425 g/mol. The van der Waals surface area contributed by atoms with Crippen LogP contribution in [0.4, 0.5) is 10.2 Å². The monoisotopic (exact) mass is 424 g/mol. The molecule has 0 fully saturated rings. The molecule has 0 bridgehead atoms. The summed E-state index contributed by atoms with van der Waals surface area (Å²) in [6.07, 6.45) is 0.255. The number of amides is 2. The van der Waals surface area contributed by atoms with Crippen molar-refractivity contribution in [3.05, 3.63) is 82.8 Å². The lowest BCUT2D eigenvalue weighted by atomic mass is 10.1. The molecule has 3 aromatic rings. The van der Waals surface area contributed by atoms with Gasteiger partial charge < -0.3 is 10.6 Å². The van der Waals surface area contributed by atoms with Crippen molar-refractivity contribution in [1.29, 1.82) is 0 Å². The predicted molar refractivity (Wildman–Crippen MR) is 114 cm³/mol. The summed E-state index contributed by atoms with van der Waals surface area (Å²) in [7, 11) is 0. The molecule has 0 atom stereocenters. The lowest BCUT2D eigenvalue weighted by Gasteiger charge is -2.11. The summed E-state index contributed by atoms with van der Waals surface area (Å²) in [4.78, 5) is 25.0. The summed E-state index contributed by atoms with van der Waals surface area (Å²) in [5, 5.41) is 10.3. The minimum Gasteiger partial charge on any atom is -0.350 e. The number of carbonyl (C=O) groups excluding carboxylic acids is 2. The van der Waals surface area contributed by atoms with Crippen LogP contribution in [0.1, 0.15) is 22.4 Å². The van der Waals surface area contributed by atoms with Gasteiger partial charge in [-0.05, 0) is 23.3 Å². The molecule has 4 rings (SSSR count). The third kappa shape index (κ3) is 4.88. The minimum atomic E-state index is -0.315.